The van der Waals surface area contributed by atoms with E-state index in [4.69, 9.17) is 0 Å². The summed E-state index contributed by atoms with van der Waals surface area (Å²) < 4.78 is 13.3. The van der Waals surface area contributed by atoms with E-state index in [2.05, 4.69) is 18.9 Å². The third-order valence-corrected chi connectivity index (χ3v) is 4.35. The number of benzene rings is 1. The summed E-state index contributed by atoms with van der Waals surface area (Å²) in [5.74, 6) is 0.527. The van der Waals surface area contributed by atoms with Crippen molar-refractivity contribution in [2.24, 2.45) is 5.92 Å². The Hall–Kier alpha value is -1.09. The molecule has 19 heavy (non-hydrogen) atoms. The van der Waals surface area contributed by atoms with Gasteiger partial charge in [-0.3, -0.25) is 0 Å². The van der Waals surface area contributed by atoms with Crippen molar-refractivity contribution in [3.8, 4) is 0 Å². The third kappa shape index (κ3) is 3.27. The lowest BCUT2D eigenvalue weighted by Crippen LogP contribution is -2.35. The molecular weight excluding hydrogens is 241 g/mol. The number of halogens is 1. The summed E-state index contributed by atoms with van der Waals surface area (Å²) in [4.78, 5) is 2.22. The minimum Gasteiger partial charge on any atom is -0.389 e. The molecular formula is C16H24FNO. The van der Waals surface area contributed by atoms with Gasteiger partial charge in [0.05, 0.1) is 6.10 Å². The van der Waals surface area contributed by atoms with E-state index in [-0.39, 0.29) is 5.82 Å². The van der Waals surface area contributed by atoms with Gasteiger partial charge in [0.2, 0.25) is 0 Å². The lowest BCUT2D eigenvalue weighted by molar-refractivity contribution is 0.199. The van der Waals surface area contributed by atoms with Crippen LogP contribution in [-0.4, -0.2) is 18.2 Å². The molecule has 0 aromatic heterocycles. The van der Waals surface area contributed by atoms with Crippen LogP contribution in [0.25, 0.3) is 0 Å². The molecule has 0 heterocycles. The normalized spacial score (nSPS) is 25.1. The van der Waals surface area contributed by atoms with Crippen molar-refractivity contribution >= 4 is 5.69 Å². The van der Waals surface area contributed by atoms with Gasteiger partial charge in [0.1, 0.15) is 5.82 Å². The summed E-state index contributed by atoms with van der Waals surface area (Å²) in [5, 5.41) is 9.82. The van der Waals surface area contributed by atoms with Crippen LogP contribution in [-0.2, 0) is 0 Å². The SMILES string of the molecule is CC1CCC(N(C)c2ccc(F)cc2[C@H](C)O)CC1. The van der Waals surface area contributed by atoms with Gasteiger partial charge >= 0.3 is 0 Å². The predicted octanol–water partition coefficient (Wildman–Crippen LogP) is 3.89. The second-order valence-corrected chi connectivity index (χ2v) is 5.90. The first kappa shape index (κ1) is 14.3. The minimum atomic E-state index is -0.643. The van der Waals surface area contributed by atoms with Crippen molar-refractivity contribution in [1.82, 2.24) is 0 Å². The second kappa shape index (κ2) is 5.91. The summed E-state index contributed by atoms with van der Waals surface area (Å²) in [6.07, 6.45) is 4.21. The number of rotatable bonds is 3. The van der Waals surface area contributed by atoms with Crippen LogP contribution in [0, 0.1) is 11.7 Å². The summed E-state index contributed by atoms with van der Waals surface area (Å²) in [6.45, 7) is 3.99. The van der Waals surface area contributed by atoms with Gasteiger partial charge in [0, 0.05) is 24.3 Å². The molecule has 1 fully saturated rings. The van der Waals surface area contributed by atoms with Gasteiger partial charge in [0.15, 0.2) is 0 Å². The molecule has 0 bridgehead atoms. The zero-order valence-corrected chi connectivity index (χ0v) is 12.1. The molecule has 0 aliphatic heterocycles. The Morgan fingerprint density at radius 2 is 1.89 bits per heavy atom. The van der Waals surface area contributed by atoms with E-state index in [0.29, 0.717) is 11.6 Å². The Kier molecular flexibility index (Phi) is 4.46. The van der Waals surface area contributed by atoms with E-state index in [0.717, 1.165) is 11.6 Å². The molecule has 1 aromatic carbocycles. The fourth-order valence-corrected chi connectivity index (χ4v) is 3.01. The minimum absolute atomic E-state index is 0.287. The number of aliphatic hydroxyl groups excluding tert-OH is 1. The van der Waals surface area contributed by atoms with Gasteiger partial charge in [-0.1, -0.05) is 6.92 Å². The number of anilines is 1. The maximum atomic E-state index is 13.3. The van der Waals surface area contributed by atoms with Gasteiger partial charge in [-0.05, 0) is 56.7 Å². The fourth-order valence-electron chi connectivity index (χ4n) is 3.01. The van der Waals surface area contributed by atoms with E-state index in [1.54, 1.807) is 13.0 Å². The summed E-state index contributed by atoms with van der Waals surface area (Å²) in [7, 11) is 2.06. The second-order valence-electron chi connectivity index (χ2n) is 5.90. The Labute approximate surface area is 115 Å². The van der Waals surface area contributed by atoms with Crippen molar-refractivity contribution in [2.75, 3.05) is 11.9 Å². The van der Waals surface area contributed by atoms with Gasteiger partial charge in [-0.15, -0.1) is 0 Å². The van der Waals surface area contributed by atoms with Crippen LogP contribution in [0.4, 0.5) is 10.1 Å². The van der Waals surface area contributed by atoms with Gasteiger partial charge in [-0.2, -0.15) is 0 Å². The van der Waals surface area contributed by atoms with Gasteiger partial charge in [-0.25, -0.2) is 4.39 Å². The van der Waals surface area contributed by atoms with Crippen molar-refractivity contribution in [1.29, 1.82) is 0 Å². The van der Waals surface area contributed by atoms with Crippen molar-refractivity contribution in [3.05, 3.63) is 29.6 Å². The summed E-state index contributed by atoms with van der Waals surface area (Å²) in [6, 6.07) is 5.21. The smallest absolute Gasteiger partial charge is 0.123 e. The molecule has 0 saturated heterocycles. The van der Waals surface area contributed by atoms with Crippen molar-refractivity contribution < 1.29 is 9.50 Å². The molecule has 2 nitrogen and oxygen atoms in total. The highest BCUT2D eigenvalue weighted by Crippen LogP contribution is 2.33. The number of aliphatic hydroxyl groups is 1. The summed E-state index contributed by atoms with van der Waals surface area (Å²) >= 11 is 0. The Morgan fingerprint density at radius 1 is 1.26 bits per heavy atom. The van der Waals surface area contributed by atoms with Gasteiger partial charge in [0.25, 0.3) is 0 Å². The lowest BCUT2D eigenvalue weighted by Gasteiger charge is -2.36. The topological polar surface area (TPSA) is 23.5 Å². The predicted molar refractivity (Wildman–Crippen MR) is 76.9 cm³/mol. The standard InChI is InChI=1S/C16H24FNO/c1-11-4-7-14(8-5-11)18(3)16-9-6-13(17)10-15(16)12(2)19/h6,9-12,14,19H,4-5,7-8H2,1-3H3/t11?,12-,14?/m0/s1. The van der Waals surface area contributed by atoms with Gasteiger partial charge < -0.3 is 10.0 Å². The molecule has 2 rings (SSSR count). The first-order valence-corrected chi connectivity index (χ1v) is 7.19. The molecule has 1 atom stereocenters. The van der Waals surface area contributed by atoms with Crippen LogP contribution in [0.15, 0.2) is 18.2 Å². The highest BCUT2D eigenvalue weighted by atomic mass is 19.1. The van der Waals surface area contributed by atoms with Crippen LogP contribution in [0.3, 0.4) is 0 Å². The van der Waals surface area contributed by atoms with E-state index < -0.39 is 6.10 Å². The fraction of sp³-hybridized carbons (Fsp3) is 0.625. The van der Waals surface area contributed by atoms with Crippen LogP contribution >= 0.6 is 0 Å². The molecule has 106 valence electrons. The average Bonchev–Trinajstić information content (AvgIpc) is 2.38. The molecule has 1 aromatic rings. The molecule has 1 aliphatic rings. The first-order valence-electron chi connectivity index (χ1n) is 7.19. The zero-order valence-electron chi connectivity index (χ0n) is 12.1. The number of nitrogens with zero attached hydrogens (tertiary/aromatic N) is 1. The Bertz CT molecular complexity index is 425. The van der Waals surface area contributed by atoms with E-state index in [1.165, 1.54) is 37.8 Å². The summed E-state index contributed by atoms with van der Waals surface area (Å²) in [5.41, 5.74) is 1.64. The van der Waals surface area contributed by atoms with Crippen molar-refractivity contribution in [3.63, 3.8) is 0 Å². The highest BCUT2D eigenvalue weighted by Gasteiger charge is 2.24. The highest BCUT2D eigenvalue weighted by molar-refractivity contribution is 5.55. The first-order chi connectivity index (χ1) is 8.99. The monoisotopic (exact) mass is 265 g/mol. The Balaban J connectivity index is 2.21. The molecule has 1 N–H and O–H groups in total. The number of hydrogen-bond donors (Lipinski definition) is 1. The van der Waals surface area contributed by atoms with Crippen LogP contribution in [0.5, 0.6) is 0 Å². The third-order valence-electron chi connectivity index (χ3n) is 4.35. The molecule has 0 radical (unpaired) electrons. The molecule has 0 unspecified atom stereocenters. The van der Waals surface area contributed by atoms with Crippen LogP contribution in [0.2, 0.25) is 0 Å². The largest absolute Gasteiger partial charge is 0.389 e. The molecule has 3 heteroatoms. The van der Waals surface area contributed by atoms with Crippen LogP contribution < -0.4 is 4.90 Å². The maximum Gasteiger partial charge on any atom is 0.123 e. The van der Waals surface area contributed by atoms with Crippen LogP contribution in [0.1, 0.15) is 51.2 Å². The molecule has 0 amide bonds. The molecule has 1 saturated carbocycles. The maximum absolute atomic E-state index is 13.3. The zero-order chi connectivity index (χ0) is 14.0. The average molecular weight is 265 g/mol. The lowest BCUT2D eigenvalue weighted by atomic mass is 9.86. The van der Waals surface area contributed by atoms with E-state index >= 15 is 0 Å². The van der Waals surface area contributed by atoms with Crippen molar-refractivity contribution in [2.45, 2.75) is 51.7 Å². The molecule has 1 aliphatic carbocycles. The molecule has 0 spiro atoms. The van der Waals surface area contributed by atoms with E-state index in [1.807, 2.05) is 0 Å². The Morgan fingerprint density at radius 3 is 2.47 bits per heavy atom. The van der Waals surface area contributed by atoms with E-state index in [9.17, 15) is 9.50 Å². The quantitative estimate of drug-likeness (QED) is 0.896. The number of hydrogen-bond acceptors (Lipinski definition) is 2.